The van der Waals surface area contributed by atoms with Gasteiger partial charge in [-0.15, -0.1) is 0 Å². The molecule has 2 aliphatic heterocycles. The molecule has 2 aliphatic rings. The van der Waals surface area contributed by atoms with Gasteiger partial charge in [0.05, 0.1) is 10.9 Å². The molecule has 6 rings (SSSR count). The minimum atomic E-state index is -0.210. The number of hydrogen-bond donors (Lipinski definition) is 1. The van der Waals surface area contributed by atoms with Gasteiger partial charge >= 0.3 is 0 Å². The van der Waals surface area contributed by atoms with Crippen molar-refractivity contribution in [2.24, 2.45) is 0 Å². The summed E-state index contributed by atoms with van der Waals surface area (Å²) in [4.78, 5) is 39.4. The molecule has 36 heavy (non-hydrogen) atoms. The largest absolute Gasteiger partial charge is 0.354 e. The molecule has 0 spiro atoms. The van der Waals surface area contributed by atoms with Crippen LogP contribution in [0.3, 0.4) is 0 Å². The molecule has 2 aromatic carbocycles. The second-order valence-electron chi connectivity index (χ2n) is 9.42. The van der Waals surface area contributed by atoms with Crippen molar-refractivity contribution in [3.63, 3.8) is 0 Å². The molecule has 1 saturated heterocycles. The highest BCUT2D eigenvalue weighted by Gasteiger charge is 2.19. The topological polar surface area (TPSA) is 83.4 Å². The van der Waals surface area contributed by atoms with Crippen LogP contribution in [0.15, 0.2) is 71.7 Å². The van der Waals surface area contributed by atoms with Gasteiger partial charge in [-0.3, -0.25) is 19.1 Å². The number of fused-ring (bicyclic) bond motifs is 2. The molecular weight excluding hydrogens is 452 g/mol. The maximum atomic E-state index is 12.9. The van der Waals surface area contributed by atoms with Crippen LogP contribution in [-0.4, -0.2) is 51.5 Å². The Labute approximate surface area is 209 Å². The Morgan fingerprint density at radius 3 is 2.56 bits per heavy atom. The van der Waals surface area contributed by atoms with E-state index in [0.29, 0.717) is 16.5 Å². The fraction of sp³-hybridized carbons (Fsp3) is 0.286. The van der Waals surface area contributed by atoms with Crippen LogP contribution in [-0.2, 0) is 19.5 Å². The van der Waals surface area contributed by atoms with Crippen molar-refractivity contribution in [3.8, 4) is 0 Å². The first kappa shape index (κ1) is 22.4. The molecule has 0 unspecified atom stereocenters. The van der Waals surface area contributed by atoms with Crippen molar-refractivity contribution in [2.75, 3.05) is 36.4 Å². The number of nitrogens with zero attached hydrogens (tertiary/aromatic N) is 5. The second-order valence-corrected chi connectivity index (χ2v) is 9.42. The zero-order valence-corrected chi connectivity index (χ0v) is 20.1. The normalized spacial score (nSPS) is 15.7. The molecule has 2 aromatic heterocycles. The number of nitrogens with one attached hydrogen (secondary N) is 1. The van der Waals surface area contributed by atoms with Gasteiger partial charge in [0.15, 0.2) is 0 Å². The van der Waals surface area contributed by atoms with E-state index in [1.165, 1.54) is 5.56 Å². The summed E-state index contributed by atoms with van der Waals surface area (Å²) in [5, 5.41) is 3.53. The molecule has 8 nitrogen and oxygen atoms in total. The summed E-state index contributed by atoms with van der Waals surface area (Å²) < 4.78 is 1.74. The lowest BCUT2D eigenvalue weighted by atomic mass is 10.1. The fourth-order valence-corrected chi connectivity index (χ4v) is 5.06. The number of amides is 1. The van der Waals surface area contributed by atoms with Crippen LogP contribution < -0.4 is 15.8 Å². The lowest BCUT2D eigenvalue weighted by Crippen LogP contribution is -2.46. The third kappa shape index (κ3) is 4.47. The average molecular weight is 481 g/mol. The Balaban J connectivity index is 1.07. The summed E-state index contributed by atoms with van der Waals surface area (Å²) in [6.45, 7) is 5.48. The summed E-state index contributed by atoms with van der Waals surface area (Å²) in [6, 6.07) is 19.2. The van der Waals surface area contributed by atoms with Crippen molar-refractivity contribution in [2.45, 2.75) is 25.9 Å². The van der Waals surface area contributed by atoms with Crippen LogP contribution in [0.2, 0.25) is 0 Å². The minimum Gasteiger partial charge on any atom is -0.354 e. The van der Waals surface area contributed by atoms with Gasteiger partial charge in [-0.25, -0.2) is 9.97 Å². The molecule has 0 atom stereocenters. The number of aryl methyl sites for hydroxylation is 1. The van der Waals surface area contributed by atoms with E-state index >= 15 is 0 Å². The number of anilines is 2. The summed E-state index contributed by atoms with van der Waals surface area (Å²) in [5.74, 6) is 1.63. The highest BCUT2D eigenvalue weighted by molar-refractivity contribution is 6.06. The van der Waals surface area contributed by atoms with Crippen molar-refractivity contribution in [3.05, 3.63) is 94.2 Å². The van der Waals surface area contributed by atoms with Crippen LogP contribution in [0, 0.1) is 0 Å². The molecule has 1 amide bonds. The Kier molecular flexibility index (Phi) is 5.95. The lowest BCUT2D eigenvalue weighted by molar-refractivity contribution is 0.102. The van der Waals surface area contributed by atoms with Crippen molar-refractivity contribution in [1.29, 1.82) is 0 Å². The zero-order valence-electron chi connectivity index (χ0n) is 20.1. The fourth-order valence-electron chi connectivity index (χ4n) is 5.06. The number of benzene rings is 2. The van der Waals surface area contributed by atoms with E-state index in [1.54, 1.807) is 22.8 Å². The first-order chi connectivity index (χ1) is 17.6. The second kappa shape index (κ2) is 9.54. The van der Waals surface area contributed by atoms with E-state index in [9.17, 15) is 9.59 Å². The van der Waals surface area contributed by atoms with E-state index < -0.39 is 0 Å². The van der Waals surface area contributed by atoms with E-state index in [0.717, 1.165) is 69.4 Å². The minimum absolute atomic E-state index is 0.0202. The third-order valence-electron chi connectivity index (χ3n) is 7.04. The molecule has 182 valence electrons. The first-order valence-corrected chi connectivity index (χ1v) is 12.5. The van der Waals surface area contributed by atoms with E-state index in [1.807, 2.05) is 30.5 Å². The summed E-state index contributed by atoms with van der Waals surface area (Å²) in [6.07, 6.45) is 3.57. The van der Waals surface area contributed by atoms with Crippen LogP contribution >= 0.6 is 0 Å². The summed E-state index contributed by atoms with van der Waals surface area (Å²) in [5.41, 5.74) is 3.01. The highest BCUT2D eigenvalue weighted by Crippen LogP contribution is 2.19. The van der Waals surface area contributed by atoms with Gasteiger partial charge in [-0.1, -0.05) is 18.2 Å². The molecule has 4 heterocycles. The number of carbonyl (C=O) groups is 1. The zero-order chi connectivity index (χ0) is 24.5. The predicted molar refractivity (Wildman–Crippen MR) is 140 cm³/mol. The molecule has 4 aromatic rings. The standard InChI is InChI=1S/C28H28N6O2/c35-27(21-8-11-23-24(18-21)31-26-5-3-13-34(26)28(23)36)30-22-9-6-20(7-10-22)19-32-14-16-33(17-15-32)25-4-1-2-12-29-25/h1-2,4,6-12,18H,3,5,13-17,19H2,(H,30,35). The van der Waals surface area contributed by atoms with Crippen molar-refractivity contribution >= 4 is 28.3 Å². The third-order valence-corrected chi connectivity index (χ3v) is 7.04. The highest BCUT2D eigenvalue weighted by atomic mass is 16.1. The van der Waals surface area contributed by atoms with Crippen LogP contribution in [0.25, 0.3) is 10.9 Å². The maximum Gasteiger partial charge on any atom is 0.261 e. The lowest BCUT2D eigenvalue weighted by Gasteiger charge is -2.35. The monoisotopic (exact) mass is 480 g/mol. The Bertz CT molecular complexity index is 1460. The number of rotatable bonds is 5. The molecule has 8 heteroatoms. The van der Waals surface area contributed by atoms with Gasteiger partial charge in [-0.2, -0.15) is 0 Å². The molecule has 0 saturated carbocycles. The smallest absolute Gasteiger partial charge is 0.261 e. The number of aromatic nitrogens is 3. The summed E-state index contributed by atoms with van der Waals surface area (Å²) in [7, 11) is 0. The van der Waals surface area contributed by atoms with Gasteiger partial charge in [0, 0.05) is 63.1 Å². The maximum absolute atomic E-state index is 12.9. The molecule has 0 bridgehead atoms. The molecule has 0 aliphatic carbocycles. The molecule has 1 N–H and O–H groups in total. The molecule has 1 fully saturated rings. The first-order valence-electron chi connectivity index (χ1n) is 12.5. The van der Waals surface area contributed by atoms with Crippen molar-refractivity contribution < 1.29 is 4.79 Å². The quantitative estimate of drug-likeness (QED) is 0.472. The predicted octanol–water partition coefficient (Wildman–Crippen LogP) is 3.31. The van der Waals surface area contributed by atoms with E-state index in [2.05, 4.69) is 43.3 Å². The Hall–Kier alpha value is -4.04. The Morgan fingerprint density at radius 1 is 0.944 bits per heavy atom. The number of carbonyl (C=O) groups excluding carboxylic acids is 1. The number of piperazine rings is 1. The van der Waals surface area contributed by atoms with E-state index in [-0.39, 0.29) is 11.5 Å². The van der Waals surface area contributed by atoms with Crippen LogP contribution in [0.5, 0.6) is 0 Å². The van der Waals surface area contributed by atoms with Crippen LogP contribution in [0.1, 0.15) is 28.2 Å². The summed E-state index contributed by atoms with van der Waals surface area (Å²) >= 11 is 0. The SMILES string of the molecule is O=C(Nc1ccc(CN2CCN(c3ccccn3)CC2)cc1)c1ccc2c(=O)n3c(nc2c1)CCC3. The average Bonchev–Trinajstić information content (AvgIpc) is 3.39. The Morgan fingerprint density at radius 2 is 1.78 bits per heavy atom. The van der Waals surface area contributed by atoms with Gasteiger partial charge in [0.1, 0.15) is 11.6 Å². The van der Waals surface area contributed by atoms with Crippen LogP contribution in [0.4, 0.5) is 11.5 Å². The number of pyridine rings is 1. The number of hydrogen-bond acceptors (Lipinski definition) is 6. The van der Waals surface area contributed by atoms with Gasteiger partial charge in [-0.05, 0) is 54.4 Å². The van der Waals surface area contributed by atoms with Crippen molar-refractivity contribution in [1.82, 2.24) is 19.4 Å². The van der Waals surface area contributed by atoms with Gasteiger partial charge < -0.3 is 10.2 Å². The van der Waals surface area contributed by atoms with E-state index in [4.69, 9.17) is 0 Å². The molecule has 0 radical (unpaired) electrons. The molecular formula is C28H28N6O2. The van der Waals surface area contributed by atoms with Gasteiger partial charge in [0.2, 0.25) is 0 Å². The van der Waals surface area contributed by atoms with Gasteiger partial charge in [0.25, 0.3) is 11.5 Å².